The molecule has 0 saturated heterocycles. The van der Waals surface area contributed by atoms with Crippen molar-refractivity contribution >= 4 is 12.1 Å². The summed E-state index contributed by atoms with van der Waals surface area (Å²) in [6, 6.07) is 29.2. The van der Waals surface area contributed by atoms with Crippen LogP contribution in [0.1, 0.15) is 33.7 Å². The van der Waals surface area contributed by atoms with Gasteiger partial charge >= 0.3 is 12.1 Å². The second kappa shape index (κ2) is 10.3. The molecule has 1 aliphatic rings. The predicted molar refractivity (Wildman–Crippen MR) is 145 cm³/mol. The molecule has 4 aromatic carbocycles. The first-order valence-electron chi connectivity index (χ1n) is 12.4. The maximum atomic E-state index is 12.6. The molecule has 186 valence electrons. The Morgan fingerprint density at radius 2 is 1.41 bits per heavy atom. The van der Waals surface area contributed by atoms with Crippen LogP contribution in [0.3, 0.4) is 0 Å². The van der Waals surface area contributed by atoms with E-state index in [-0.39, 0.29) is 18.9 Å². The van der Waals surface area contributed by atoms with Gasteiger partial charge in [0.2, 0.25) is 0 Å². The second-order valence-corrected chi connectivity index (χ2v) is 9.56. The molecular weight excluding hydrogens is 462 g/mol. The van der Waals surface area contributed by atoms with Gasteiger partial charge in [-0.25, -0.2) is 9.59 Å². The molecule has 0 heterocycles. The first-order valence-corrected chi connectivity index (χ1v) is 12.4. The van der Waals surface area contributed by atoms with E-state index < -0.39 is 18.1 Å². The van der Waals surface area contributed by atoms with Crippen LogP contribution in [-0.4, -0.2) is 29.8 Å². The van der Waals surface area contributed by atoms with E-state index >= 15 is 0 Å². The van der Waals surface area contributed by atoms with Crippen molar-refractivity contribution in [2.45, 2.75) is 32.2 Å². The molecule has 1 aliphatic carbocycles. The van der Waals surface area contributed by atoms with E-state index in [1.54, 1.807) is 0 Å². The number of carbonyl (C=O) groups is 2. The first kappa shape index (κ1) is 24.3. The number of carboxylic acid groups (broad SMARTS) is 1. The molecule has 1 atom stereocenters. The Bertz CT molecular complexity index is 1410. The lowest BCUT2D eigenvalue weighted by Gasteiger charge is -2.18. The van der Waals surface area contributed by atoms with Crippen LogP contribution in [0.4, 0.5) is 4.79 Å². The Balaban J connectivity index is 1.23. The number of alkyl carbamates (subject to hydrolysis) is 1. The smallest absolute Gasteiger partial charge is 0.407 e. The highest BCUT2D eigenvalue weighted by Crippen LogP contribution is 2.44. The fourth-order valence-electron chi connectivity index (χ4n) is 4.97. The van der Waals surface area contributed by atoms with Crippen molar-refractivity contribution in [3.05, 3.63) is 119 Å². The molecule has 0 spiro atoms. The Hall–Kier alpha value is -4.38. The number of nitrogens with one attached hydrogen (secondary N) is 1. The number of aliphatic carboxylic acids is 1. The normalized spacial score (nSPS) is 12.9. The van der Waals surface area contributed by atoms with Crippen LogP contribution in [-0.2, 0) is 16.0 Å². The average Bonchev–Trinajstić information content (AvgIpc) is 3.23. The lowest BCUT2D eigenvalue weighted by molar-refractivity contribution is -0.139. The summed E-state index contributed by atoms with van der Waals surface area (Å²) in [6.07, 6.45) is -0.576. The summed E-state index contributed by atoms with van der Waals surface area (Å²) >= 11 is 0. The summed E-state index contributed by atoms with van der Waals surface area (Å²) in [6.45, 7) is 4.30. The third-order valence-corrected chi connectivity index (χ3v) is 7.17. The number of amides is 1. The van der Waals surface area contributed by atoms with Gasteiger partial charge in [0.25, 0.3) is 0 Å². The van der Waals surface area contributed by atoms with Crippen molar-refractivity contribution in [1.82, 2.24) is 5.32 Å². The quantitative estimate of drug-likeness (QED) is 0.309. The monoisotopic (exact) mass is 491 g/mol. The molecule has 0 aliphatic heterocycles. The number of ether oxygens (including phenoxy) is 1. The van der Waals surface area contributed by atoms with E-state index in [4.69, 9.17) is 4.74 Å². The molecule has 37 heavy (non-hydrogen) atoms. The Kier molecular flexibility index (Phi) is 6.78. The second-order valence-electron chi connectivity index (χ2n) is 9.56. The van der Waals surface area contributed by atoms with Crippen molar-refractivity contribution in [3.63, 3.8) is 0 Å². The zero-order valence-electron chi connectivity index (χ0n) is 20.9. The average molecular weight is 492 g/mol. The summed E-state index contributed by atoms with van der Waals surface area (Å²) in [5.74, 6) is -1.19. The maximum absolute atomic E-state index is 12.6. The zero-order chi connectivity index (χ0) is 25.9. The van der Waals surface area contributed by atoms with E-state index in [2.05, 4.69) is 49.5 Å². The van der Waals surface area contributed by atoms with Gasteiger partial charge in [0, 0.05) is 12.3 Å². The molecule has 0 saturated carbocycles. The largest absolute Gasteiger partial charge is 0.480 e. The van der Waals surface area contributed by atoms with E-state index in [0.717, 1.165) is 38.9 Å². The summed E-state index contributed by atoms with van der Waals surface area (Å²) in [4.78, 5) is 24.5. The third kappa shape index (κ3) is 5.12. The van der Waals surface area contributed by atoms with E-state index in [1.807, 2.05) is 60.7 Å². The molecule has 2 N–H and O–H groups in total. The van der Waals surface area contributed by atoms with E-state index in [0.29, 0.717) is 0 Å². The summed E-state index contributed by atoms with van der Waals surface area (Å²) in [7, 11) is 0. The Morgan fingerprint density at radius 3 is 2.00 bits per heavy atom. The topological polar surface area (TPSA) is 75.6 Å². The fraction of sp³-hybridized carbons (Fsp3) is 0.188. The summed E-state index contributed by atoms with van der Waals surface area (Å²) in [5.41, 5.74) is 9.94. The molecule has 0 aromatic heterocycles. The Labute approximate surface area is 216 Å². The molecule has 5 nitrogen and oxygen atoms in total. The highest BCUT2D eigenvalue weighted by atomic mass is 16.5. The molecule has 4 aromatic rings. The van der Waals surface area contributed by atoms with Gasteiger partial charge in [-0.05, 0) is 63.9 Å². The molecule has 5 rings (SSSR count). The van der Waals surface area contributed by atoms with Crippen molar-refractivity contribution < 1.29 is 19.4 Å². The maximum Gasteiger partial charge on any atom is 0.407 e. The highest BCUT2D eigenvalue weighted by Gasteiger charge is 2.29. The molecule has 1 unspecified atom stereocenters. The molecule has 0 radical (unpaired) electrons. The summed E-state index contributed by atoms with van der Waals surface area (Å²) < 4.78 is 5.54. The van der Waals surface area contributed by atoms with Gasteiger partial charge in [0.1, 0.15) is 12.6 Å². The van der Waals surface area contributed by atoms with Gasteiger partial charge in [0.05, 0.1) is 0 Å². The van der Waals surface area contributed by atoms with Crippen LogP contribution < -0.4 is 5.32 Å². The number of hydrogen-bond donors (Lipinski definition) is 2. The van der Waals surface area contributed by atoms with Gasteiger partial charge < -0.3 is 15.2 Å². The van der Waals surface area contributed by atoms with Crippen LogP contribution in [0.15, 0.2) is 91.0 Å². The minimum absolute atomic E-state index is 0.0839. The Morgan fingerprint density at radius 1 is 0.811 bits per heavy atom. The standard InChI is InChI=1S/C32H29NO4/c1-20-11-14-24(17-21(20)2)23-15-12-22(13-16-23)18-30(31(34)35)33-32(36)37-19-29-27-9-5-3-7-25(27)26-8-4-6-10-28(26)29/h3-17,29-30H,18-19H2,1-2H3,(H,33,36)(H,34,35). The van der Waals surface area contributed by atoms with Crippen LogP contribution in [0.5, 0.6) is 0 Å². The van der Waals surface area contributed by atoms with Crippen LogP contribution in [0.2, 0.25) is 0 Å². The number of hydrogen-bond acceptors (Lipinski definition) is 3. The molecule has 0 bridgehead atoms. The van der Waals surface area contributed by atoms with E-state index in [9.17, 15) is 14.7 Å². The van der Waals surface area contributed by atoms with Crippen molar-refractivity contribution in [2.75, 3.05) is 6.61 Å². The zero-order valence-corrected chi connectivity index (χ0v) is 20.9. The SMILES string of the molecule is Cc1ccc(-c2ccc(CC(NC(=O)OCC3c4ccccc4-c4ccccc43)C(=O)O)cc2)cc1C. The predicted octanol–water partition coefficient (Wildman–Crippen LogP) is 6.50. The van der Waals surface area contributed by atoms with Crippen molar-refractivity contribution in [2.24, 2.45) is 0 Å². The molecular formula is C32H29NO4. The van der Waals surface area contributed by atoms with Gasteiger partial charge in [-0.3, -0.25) is 0 Å². The molecule has 5 heteroatoms. The van der Waals surface area contributed by atoms with Gasteiger partial charge in [0.15, 0.2) is 0 Å². The number of carboxylic acids is 1. The number of rotatable bonds is 7. The number of carbonyl (C=O) groups excluding carboxylic acids is 1. The lowest BCUT2D eigenvalue weighted by atomic mass is 9.98. The minimum atomic E-state index is -1.10. The highest BCUT2D eigenvalue weighted by molar-refractivity contribution is 5.81. The lowest BCUT2D eigenvalue weighted by Crippen LogP contribution is -2.42. The number of aryl methyl sites for hydroxylation is 2. The first-order chi connectivity index (χ1) is 17.9. The number of fused-ring (bicyclic) bond motifs is 3. The summed E-state index contributed by atoms with van der Waals surface area (Å²) in [5, 5.41) is 12.3. The molecule has 1 amide bonds. The van der Waals surface area contributed by atoms with Gasteiger partial charge in [-0.2, -0.15) is 0 Å². The van der Waals surface area contributed by atoms with E-state index in [1.165, 1.54) is 11.1 Å². The van der Waals surface area contributed by atoms with Gasteiger partial charge in [-0.15, -0.1) is 0 Å². The van der Waals surface area contributed by atoms with Crippen LogP contribution in [0.25, 0.3) is 22.3 Å². The fourth-order valence-corrected chi connectivity index (χ4v) is 4.97. The minimum Gasteiger partial charge on any atom is -0.480 e. The van der Waals surface area contributed by atoms with Gasteiger partial charge in [-0.1, -0.05) is 91.0 Å². The van der Waals surface area contributed by atoms with Crippen LogP contribution in [0, 0.1) is 13.8 Å². The van der Waals surface area contributed by atoms with Crippen molar-refractivity contribution in [3.8, 4) is 22.3 Å². The molecule has 0 fully saturated rings. The van der Waals surface area contributed by atoms with Crippen LogP contribution >= 0.6 is 0 Å². The third-order valence-electron chi connectivity index (χ3n) is 7.17. The number of benzene rings is 4. The van der Waals surface area contributed by atoms with Crippen molar-refractivity contribution in [1.29, 1.82) is 0 Å².